The van der Waals surface area contributed by atoms with Crippen molar-refractivity contribution >= 4 is 5.70 Å². The molecule has 0 saturated carbocycles. The Balaban J connectivity index is 2.62. The maximum atomic E-state index is 8.69. The van der Waals surface area contributed by atoms with Gasteiger partial charge in [0.15, 0.2) is 11.3 Å². The summed E-state index contributed by atoms with van der Waals surface area (Å²) in [6.07, 6.45) is 0. The fourth-order valence-corrected chi connectivity index (χ4v) is 1.25. The van der Waals surface area contributed by atoms with Gasteiger partial charge in [-0.1, -0.05) is 12.1 Å². The molecule has 0 saturated heterocycles. The van der Waals surface area contributed by atoms with Gasteiger partial charge in [0.1, 0.15) is 17.8 Å². The molecular weight excluding hydrogens is 178 g/mol. The Labute approximate surface area is 80.6 Å². The molecule has 0 unspecified atom stereocenters. The van der Waals surface area contributed by atoms with Gasteiger partial charge in [0.2, 0.25) is 0 Å². The number of rotatable bonds is 0. The van der Waals surface area contributed by atoms with Gasteiger partial charge in [-0.15, -0.1) is 0 Å². The van der Waals surface area contributed by atoms with Gasteiger partial charge in [-0.25, -0.2) is 5.48 Å². The first-order valence-corrected chi connectivity index (χ1v) is 3.93. The second-order valence-corrected chi connectivity index (χ2v) is 2.67. The van der Waals surface area contributed by atoms with Crippen molar-refractivity contribution < 1.29 is 4.84 Å². The van der Waals surface area contributed by atoms with Crippen molar-refractivity contribution in [2.75, 3.05) is 0 Å². The fourth-order valence-electron chi connectivity index (χ4n) is 1.25. The van der Waals surface area contributed by atoms with E-state index in [0.29, 0.717) is 11.4 Å². The van der Waals surface area contributed by atoms with E-state index < -0.39 is 0 Å². The van der Waals surface area contributed by atoms with E-state index in [4.69, 9.17) is 15.4 Å². The molecule has 1 aromatic carbocycles. The fraction of sp³-hybridized carbons (Fsp3) is 0. The Bertz CT molecular complexity index is 475. The van der Waals surface area contributed by atoms with E-state index >= 15 is 0 Å². The van der Waals surface area contributed by atoms with E-state index in [1.807, 2.05) is 24.3 Å². The standard InChI is InChI=1S/C10H5N3O/c11-5-7(6-12)10-8-3-1-2-4-9(8)14-13-10/h1-4,13H. The van der Waals surface area contributed by atoms with Crippen LogP contribution in [0.15, 0.2) is 29.8 Å². The van der Waals surface area contributed by atoms with Gasteiger partial charge < -0.3 is 4.84 Å². The quantitative estimate of drug-likeness (QED) is 0.616. The molecule has 0 bridgehead atoms. The third-order valence-electron chi connectivity index (χ3n) is 1.89. The molecule has 66 valence electrons. The molecular formula is C10H5N3O. The SMILES string of the molecule is N#CC(C#N)=C1NOc2ccccc21. The summed E-state index contributed by atoms with van der Waals surface area (Å²) in [7, 11) is 0. The van der Waals surface area contributed by atoms with Crippen LogP contribution >= 0.6 is 0 Å². The first kappa shape index (κ1) is 8.15. The minimum atomic E-state index is 0.0231. The minimum Gasteiger partial charge on any atom is -0.381 e. The van der Waals surface area contributed by atoms with E-state index in [1.54, 1.807) is 12.1 Å². The number of hydrogen-bond donors (Lipinski definition) is 1. The van der Waals surface area contributed by atoms with Crippen LogP contribution in [0.2, 0.25) is 0 Å². The highest BCUT2D eigenvalue weighted by Gasteiger charge is 2.20. The monoisotopic (exact) mass is 183 g/mol. The molecule has 1 aliphatic rings. The first-order valence-electron chi connectivity index (χ1n) is 3.93. The molecule has 14 heavy (non-hydrogen) atoms. The highest BCUT2D eigenvalue weighted by molar-refractivity contribution is 5.78. The zero-order valence-electron chi connectivity index (χ0n) is 7.11. The van der Waals surface area contributed by atoms with Crippen LogP contribution in [0.1, 0.15) is 5.56 Å². The zero-order chi connectivity index (χ0) is 9.97. The molecule has 0 atom stereocenters. The number of hydroxylamine groups is 1. The first-order chi connectivity index (χ1) is 6.86. The van der Waals surface area contributed by atoms with Crippen molar-refractivity contribution in [2.24, 2.45) is 0 Å². The number of allylic oxidation sites excluding steroid dienone is 1. The summed E-state index contributed by atoms with van der Waals surface area (Å²) in [4.78, 5) is 5.09. The van der Waals surface area contributed by atoms with Gasteiger partial charge in [-0.05, 0) is 12.1 Å². The van der Waals surface area contributed by atoms with Crippen molar-refractivity contribution in [3.63, 3.8) is 0 Å². The van der Waals surface area contributed by atoms with Crippen LogP contribution in [0, 0.1) is 22.7 Å². The third-order valence-corrected chi connectivity index (χ3v) is 1.89. The average Bonchev–Trinajstić information content (AvgIpc) is 2.65. The minimum absolute atomic E-state index is 0.0231. The number of nitrogens with one attached hydrogen (secondary N) is 1. The van der Waals surface area contributed by atoms with Crippen LogP contribution in [0.3, 0.4) is 0 Å². The Morgan fingerprint density at radius 1 is 1.21 bits per heavy atom. The molecule has 0 fully saturated rings. The summed E-state index contributed by atoms with van der Waals surface area (Å²) in [5.74, 6) is 0.630. The summed E-state index contributed by atoms with van der Waals surface area (Å²) in [6.45, 7) is 0. The van der Waals surface area contributed by atoms with Gasteiger partial charge in [-0.3, -0.25) is 0 Å². The lowest BCUT2D eigenvalue weighted by molar-refractivity contribution is 0.272. The van der Waals surface area contributed by atoms with Crippen LogP contribution in [-0.4, -0.2) is 0 Å². The summed E-state index contributed by atoms with van der Waals surface area (Å²) in [5.41, 5.74) is 3.76. The highest BCUT2D eigenvalue weighted by Crippen LogP contribution is 2.30. The van der Waals surface area contributed by atoms with Crippen molar-refractivity contribution in [3.05, 3.63) is 35.4 Å². The predicted molar refractivity (Wildman–Crippen MR) is 48.4 cm³/mol. The van der Waals surface area contributed by atoms with Gasteiger partial charge in [0.05, 0.1) is 0 Å². The average molecular weight is 183 g/mol. The highest BCUT2D eigenvalue weighted by atomic mass is 16.7. The second kappa shape index (κ2) is 3.12. The summed E-state index contributed by atoms with van der Waals surface area (Å²) < 4.78 is 0. The van der Waals surface area contributed by atoms with E-state index in [0.717, 1.165) is 5.56 Å². The summed E-state index contributed by atoms with van der Waals surface area (Å²) in [6, 6.07) is 10.8. The van der Waals surface area contributed by atoms with Crippen molar-refractivity contribution in [2.45, 2.75) is 0 Å². The molecule has 4 nitrogen and oxygen atoms in total. The van der Waals surface area contributed by atoms with Crippen molar-refractivity contribution in [1.29, 1.82) is 10.5 Å². The molecule has 1 N–H and O–H groups in total. The van der Waals surface area contributed by atoms with Gasteiger partial charge in [0.25, 0.3) is 0 Å². The smallest absolute Gasteiger partial charge is 0.164 e. The Morgan fingerprint density at radius 3 is 2.64 bits per heavy atom. The van der Waals surface area contributed by atoms with Gasteiger partial charge >= 0.3 is 0 Å². The van der Waals surface area contributed by atoms with E-state index in [1.165, 1.54) is 0 Å². The molecule has 1 aliphatic heterocycles. The Morgan fingerprint density at radius 2 is 1.93 bits per heavy atom. The molecule has 4 heteroatoms. The molecule has 2 rings (SSSR count). The molecule has 1 aromatic rings. The number of nitriles is 2. The van der Waals surface area contributed by atoms with E-state index in [-0.39, 0.29) is 5.57 Å². The van der Waals surface area contributed by atoms with Crippen LogP contribution in [0.5, 0.6) is 5.75 Å². The summed E-state index contributed by atoms with van der Waals surface area (Å²) in [5, 5.41) is 17.4. The topological polar surface area (TPSA) is 68.8 Å². The maximum absolute atomic E-state index is 8.69. The second-order valence-electron chi connectivity index (χ2n) is 2.67. The Hall–Kier alpha value is -2.46. The van der Waals surface area contributed by atoms with Gasteiger partial charge in [-0.2, -0.15) is 10.5 Å². The molecule has 0 aromatic heterocycles. The third kappa shape index (κ3) is 1.07. The number of hydrogen-bond acceptors (Lipinski definition) is 4. The molecule has 0 radical (unpaired) electrons. The molecule has 0 aliphatic carbocycles. The lowest BCUT2D eigenvalue weighted by atomic mass is 10.1. The number of para-hydroxylation sites is 1. The number of fused-ring (bicyclic) bond motifs is 1. The normalized spacial score (nSPS) is 11.7. The number of benzene rings is 1. The lowest BCUT2D eigenvalue weighted by Gasteiger charge is -1.95. The van der Waals surface area contributed by atoms with Crippen LogP contribution in [0.4, 0.5) is 0 Å². The van der Waals surface area contributed by atoms with E-state index in [2.05, 4.69) is 5.48 Å². The van der Waals surface area contributed by atoms with Gasteiger partial charge in [0, 0.05) is 5.56 Å². The predicted octanol–water partition coefficient (Wildman–Crippen LogP) is 1.34. The van der Waals surface area contributed by atoms with Crippen molar-refractivity contribution in [1.82, 2.24) is 5.48 Å². The molecule has 0 amide bonds. The van der Waals surface area contributed by atoms with E-state index in [9.17, 15) is 0 Å². The molecule has 1 heterocycles. The van der Waals surface area contributed by atoms with Crippen LogP contribution in [0.25, 0.3) is 5.70 Å². The van der Waals surface area contributed by atoms with Crippen LogP contribution < -0.4 is 10.3 Å². The molecule has 0 spiro atoms. The maximum Gasteiger partial charge on any atom is 0.164 e. The van der Waals surface area contributed by atoms with Crippen LogP contribution in [-0.2, 0) is 0 Å². The summed E-state index contributed by atoms with van der Waals surface area (Å²) >= 11 is 0. The lowest BCUT2D eigenvalue weighted by Crippen LogP contribution is -2.09. The number of nitrogens with zero attached hydrogens (tertiary/aromatic N) is 2. The zero-order valence-corrected chi connectivity index (χ0v) is 7.11. The largest absolute Gasteiger partial charge is 0.381 e. The van der Waals surface area contributed by atoms with Crippen molar-refractivity contribution in [3.8, 4) is 17.9 Å². The Kier molecular flexibility index (Phi) is 1.82.